The number of anilines is 1. The van der Waals surface area contributed by atoms with Gasteiger partial charge in [-0.15, -0.1) is 11.3 Å². The largest absolute Gasteiger partial charge is 0.356 e. The fraction of sp³-hybridized carbons (Fsp3) is 0.353. The van der Waals surface area contributed by atoms with Crippen LogP contribution in [-0.2, 0) is 9.59 Å². The monoisotopic (exact) mass is 407 g/mol. The summed E-state index contributed by atoms with van der Waals surface area (Å²) in [6.07, 6.45) is 3.00. The van der Waals surface area contributed by atoms with Gasteiger partial charge in [0.1, 0.15) is 0 Å². The van der Waals surface area contributed by atoms with E-state index in [1.165, 1.54) is 11.3 Å². The van der Waals surface area contributed by atoms with E-state index in [0.29, 0.717) is 24.5 Å². The summed E-state index contributed by atoms with van der Waals surface area (Å²) in [5.41, 5.74) is 1.84. The SMILES string of the molecule is O=C(CCCNC(=O)C1CC1)Nc1nc(-c2cccc(Br)c2)cs1. The predicted octanol–water partition coefficient (Wildman–Crippen LogP) is 3.82. The van der Waals surface area contributed by atoms with Crippen molar-refractivity contribution >= 4 is 44.2 Å². The lowest BCUT2D eigenvalue weighted by atomic mass is 10.2. The molecule has 2 N–H and O–H groups in total. The topological polar surface area (TPSA) is 71.1 Å². The maximum atomic E-state index is 11.9. The quantitative estimate of drug-likeness (QED) is 0.685. The molecule has 2 aromatic rings. The molecule has 126 valence electrons. The highest BCUT2D eigenvalue weighted by molar-refractivity contribution is 9.10. The van der Waals surface area contributed by atoms with Crippen molar-refractivity contribution in [3.8, 4) is 11.3 Å². The third-order valence-corrected chi connectivity index (χ3v) is 4.95. The Hall–Kier alpha value is -1.73. The van der Waals surface area contributed by atoms with Gasteiger partial charge in [-0.3, -0.25) is 9.59 Å². The lowest BCUT2D eigenvalue weighted by Gasteiger charge is -2.04. The molecule has 1 saturated carbocycles. The molecule has 1 fully saturated rings. The summed E-state index contributed by atoms with van der Waals surface area (Å²) >= 11 is 4.85. The zero-order chi connectivity index (χ0) is 16.9. The van der Waals surface area contributed by atoms with Crippen molar-refractivity contribution in [1.82, 2.24) is 10.3 Å². The molecular formula is C17H18BrN3O2S. The van der Waals surface area contributed by atoms with Crippen molar-refractivity contribution in [1.29, 1.82) is 0 Å². The van der Waals surface area contributed by atoms with Gasteiger partial charge in [-0.2, -0.15) is 0 Å². The summed E-state index contributed by atoms with van der Waals surface area (Å²) in [5, 5.41) is 8.19. The number of nitrogens with zero attached hydrogens (tertiary/aromatic N) is 1. The summed E-state index contributed by atoms with van der Waals surface area (Å²) < 4.78 is 0.992. The number of aromatic nitrogens is 1. The molecule has 0 unspecified atom stereocenters. The highest BCUT2D eigenvalue weighted by Crippen LogP contribution is 2.29. The van der Waals surface area contributed by atoms with Gasteiger partial charge in [0.2, 0.25) is 11.8 Å². The Balaban J connectivity index is 1.44. The molecule has 0 bridgehead atoms. The summed E-state index contributed by atoms with van der Waals surface area (Å²) in [6, 6.07) is 7.88. The zero-order valence-corrected chi connectivity index (χ0v) is 15.5. The Kier molecular flexibility index (Phi) is 5.63. The second-order valence-electron chi connectivity index (χ2n) is 5.77. The van der Waals surface area contributed by atoms with E-state index in [2.05, 4.69) is 31.5 Å². The number of rotatable bonds is 7. The summed E-state index contributed by atoms with van der Waals surface area (Å²) in [4.78, 5) is 27.9. The van der Waals surface area contributed by atoms with Crippen molar-refractivity contribution in [3.05, 3.63) is 34.1 Å². The van der Waals surface area contributed by atoms with E-state index in [-0.39, 0.29) is 17.7 Å². The van der Waals surface area contributed by atoms with Crippen molar-refractivity contribution in [2.45, 2.75) is 25.7 Å². The Morgan fingerprint density at radius 2 is 2.17 bits per heavy atom. The minimum absolute atomic E-state index is 0.0780. The number of carbonyl (C=O) groups is 2. The lowest BCUT2D eigenvalue weighted by Crippen LogP contribution is -2.26. The highest BCUT2D eigenvalue weighted by atomic mass is 79.9. The summed E-state index contributed by atoms with van der Waals surface area (Å²) in [7, 11) is 0. The van der Waals surface area contributed by atoms with E-state index >= 15 is 0 Å². The molecule has 1 aromatic heterocycles. The van der Waals surface area contributed by atoms with E-state index in [1.807, 2.05) is 29.6 Å². The van der Waals surface area contributed by atoms with E-state index < -0.39 is 0 Å². The average Bonchev–Trinajstić information content (AvgIpc) is 3.31. The van der Waals surface area contributed by atoms with Gasteiger partial charge in [-0.25, -0.2) is 4.98 Å². The molecule has 2 amide bonds. The summed E-state index contributed by atoms with van der Waals surface area (Å²) in [6.45, 7) is 0.546. The zero-order valence-electron chi connectivity index (χ0n) is 13.0. The molecule has 7 heteroatoms. The van der Waals surface area contributed by atoms with Gasteiger partial charge in [-0.1, -0.05) is 28.1 Å². The first-order valence-corrected chi connectivity index (χ1v) is 9.58. The van der Waals surface area contributed by atoms with E-state index in [0.717, 1.165) is 28.6 Å². The smallest absolute Gasteiger partial charge is 0.226 e. The first-order valence-electron chi connectivity index (χ1n) is 7.91. The van der Waals surface area contributed by atoms with Gasteiger partial charge in [0.15, 0.2) is 5.13 Å². The van der Waals surface area contributed by atoms with Crippen LogP contribution in [0.1, 0.15) is 25.7 Å². The average molecular weight is 408 g/mol. The maximum Gasteiger partial charge on any atom is 0.226 e. The molecule has 0 radical (unpaired) electrons. The molecule has 1 aliphatic carbocycles. The number of amides is 2. The van der Waals surface area contributed by atoms with Crippen LogP contribution in [0, 0.1) is 5.92 Å². The minimum atomic E-state index is -0.0780. The van der Waals surface area contributed by atoms with Gasteiger partial charge in [0.05, 0.1) is 5.69 Å². The Morgan fingerprint density at radius 3 is 2.92 bits per heavy atom. The number of hydrogen-bond acceptors (Lipinski definition) is 4. The van der Waals surface area contributed by atoms with Crippen molar-refractivity contribution in [2.24, 2.45) is 5.92 Å². The molecule has 0 atom stereocenters. The van der Waals surface area contributed by atoms with Crippen LogP contribution in [0.4, 0.5) is 5.13 Å². The maximum absolute atomic E-state index is 11.9. The second kappa shape index (κ2) is 7.90. The molecule has 0 saturated heterocycles. The predicted molar refractivity (Wildman–Crippen MR) is 98.8 cm³/mol. The van der Waals surface area contributed by atoms with Gasteiger partial charge < -0.3 is 10.6 Å². The highest BCUT2D eigenvalue weighted by Gasteiger charge is 2.28. The first kappa shape index (κ1) is 17.1. The normalized spacial score (nSPS) is 13.5. The van der Waals surface area contributed by atoms with Crippen LogP contribution in [0.3, 0.4) is 0 Å². The van der Waals surface area contributed by atoms with Crippen molar-refractivity contribution in [2.75, 3.05) is 11.9 Å². The number of carbonyl (C=O) groups excluding carboxylic acids is 2. The number of benzene rings is 1. The Labute approximate surface area is 153 Å². The number of hydrogen-bond donors (Lipinski definition) is 2. The molecular weight excluding hydrogens is 390 g/mol. The third kappa shape index (κ3) is 4.88. The van der Waals surface area contributed by atoms with E-state index in [4.69, 9.17) is 0 Å². The standard InChI is InChI=1S/C17H18BrN3O2S/c18-13-4-1-3-12(9-13)14-10-24-17(20-14)21-15(22)5-2-8-19-16(23)11-6-7-11/h1,3-4,9-11H,2,5-8H2,(H,19,23)(H,20,21,22). The molecule has 1 heterocycles. The van der Waals surface area contributed by atoms with Crippen LogP contribution in [0.2, 0.25) is 0 Å². The summed E-state index contributed by atoms with van der Waals surface area (Å²) in [5.74, 6) is 0.255. The van der Waals surface area contributed by atoms with Crippen LogP contribution in [-0.4, -0.2) is 23.3 Å². The molecule has 1 aromatic carbocycles. The van der Waals surface area contributed by atoms with Crippen LogP contribution < -0.4 is 10.6 Å². The molecule has 5 nitrogen and oxygen atoms in total. The van der Waals surface area contributed by atoms with Crippen LogP contribution >= 0.6 is 27.3 Å². The van der Waals surface area contributed by atoms with Gasteiger partial charge in [-0.05, 0) is 31.4 Å². The van der Waals surface area contributed by atoms with Crippen LogP contribution in [0.25, 0.3) is 11.3 Å². The van der Waals surface area contributed by atoms with Gasteiger partial charge >= 0.3 is 0 Å². The Bertz CT molecular complexity index is 743. The molecule has 0 aliphatic heterocycles. The first-order chi connectivity index (χ1) is 11.6. The number of thiazole rings is 1. The van der Waals surface area contributed by atoms with Crippen LogP contribution in [0.5, 0.6) is 0 Å². The molecule has 24 heavy (non-hydrogen) atoms. The fourth-order valence-electron chi connectivity index (χ4n) is 2.24. The molecule has 3 rings (SSSR count). The van der Waals surface area contributed by atoms with E-state index in [1.54, 1.807) is 0 Å². The van der Waals surface area contributed by atoms with Crippen LogP contribution in [0.15, 0.2) is 34.1 Å². The van der Waals surface area contributed by atoms with Crippen molar-refractivity contribution < 1.29 is 9.59 Å². The third-order valence-electron chi connectivity index (χ3n) is 3.70. The van der Waals surface area contributed by atoms with Crippen molar-refractivity contribution in [3.63, 3.8) is 0 Å². The molecule has 0 spiro atoms. The lowest BCUT2D eigenvalue weighted by molar-refractivity contribution is -0.122. The minimum Gasteiger partial charge on any atom is -0.356 e. The molecule has 1 aliphatic rings. The second-order valence-corrected chi connectivity index (χ2v) is 7.54. The van der Waals surface area contributed by atoms with Gasteiger partial charge in [0.25, 0.3) is 0 Å². The fourth-order valence-corrected chi connectivity index (χ4v) is 3.38. The van der Waals surface area contributed by atoms with Gasteiger partial charge in [0, 0.05) is 34.3 Å². The van der Waals surface area contributed by atoms with E-state index in [9.17, 15) is 9.59 Å². The number of nitrogens with one attached hydrogen (secondary N) is 2. The number of halogens is 1. The Morgan fingerprint density at radius 1 is 1.33 bits per heavy atom.